The van der Waals surface area contributed by atoms with Crippen molar-refractivity contribution in [2.45, 2.75) is 39.7 Å². The molecule has 1 aliphatic rings. The van der Waals surface area contributed by atoms with Gasteiger partial charge in [-0.25, -0.2) is 0 Å². The Morgan fingerprint density at radius 2 is 1.91 bits per heavy atom. The van der Waals surface area contributed by atoms with E-state index in [2.05, 4.69) is 15.0 Å². The molecular formula is C22H30N6O5. The molecular weight excluding hydrogens is 428 g/mol. The number of hydrogen-bond acceptors (Lipinski definition) is 8. The van der Waals surface area contributed by atoms with Gasteiger partial charge in [0, 0.05) is 64.2 Å². The van der Waals surface area contributed by atoms with Crippen molar-refractivity contribution in [3.8, 4) is 0 Å². The van der Waals surface area contributed by atoms with Crippen molar-refractivity contribution >= 4 is 17.5 Å². The summed E-state index contributed by atoms with van der Waals surface area (Å²) in [5, 5.41) is 14.9. The lowest BCUT2D eigenvalue weighted by Gasteiger charge is -2.34. The largest absolute Gasteiger partial charge is 0.343 e. The van der Waals surface area contributed by atoms with E-state index >= 15 is 0 Å². The lowest BCUT2D eigenvalue weighted by molar-refractivity contribution is -0.384. The Morgan fingerprint density at radius 3 is 2.58 bits per heavy atom. The molecule has 0 atom stereocenters. The quantitative estimate of drug-likeness (QED) is 0.389. The molecule has 11 nitrogen and oxygen atoms in total. The second-order valence-electron chi connectivity index (χ2n) is 7.93. The van der Waals surface area contributed by atoms with Crippen LogP contribution in [0.25, 0.3) is 0 Å². The van der Waals surface area contributed by atoms with Crippen molar-refractivity contribution in [2.75, 3.05) is 39.3 Å². The standard InChI is InChI=1S/C22H30N6O5/c1-3-26(4-2)21(29)9-8-20-23-19(24-33-20)16-25-10-12-27(13-11-25)22(30)15-17-6-5-7-18(14-17)28(31)32/h5-7,14H,3-4,8-13,15-16H2,1-2H3. The fourth-order valence-electron chi connectivity index (χ4n) is 3.83. The molecule has 2 aromatic rings. The molecule has 178 valence electrons. The number of non-ortho nitro benzene ring substituents is 1. The maximum atomic E-state index is 12.6. The van der Waals surface area contributed by atoms with Crippen molar-refractivity contribution in [3.05, 3.63) is 51.7 Å². The molecule has 1 aromatic carbocycles. The second-order valence-corrected chi connectivity index (χ2v) is 7.93. The van der Waals surface area contributed by atoms with Gasteiger partial charge in [-0.05, 0) is 19.4 Å². The van der Waals surface area contributed by atoms with Gasteiger partial charge >= 0.3 is 0 Å². The van der Waals surface area contributed by atoms with Crippen molar-refractivity contribution in [2.24, 2.45) is 0 Å². The van der Waals surface area contributed by atoms with E-state index in [9.17, 15) is 19.7 Å². The number of benzene rings is 1. The van der Waals surface area contributed by atoms with Gasteiger partial charge in [0.15, 0.2) is 5.82 Å². The minimum atomic E-state index is -0.459. The molecule has 33 heavy (non-hydrogen) atoms. The third-order valence-electron chi connectivity index (χ3n) is 5.75. The summed E-state index contributed by atoms with van der Waals surface area (Å²) in [6.45, 7) is 8.26. The minimum Gasteiger partial charge on any atom is -0.343 e. The fourth-order valence-corrected chi connectivity index (χ4v) is 3.83. The highest BCUT2D eigenvalue weighted by atomic mass is 16.6. The first-order valence-corrected chi connectivity index (χ1v) is 11.2. The summed E-state index contributed by atoms with van der Waals surface area (Å²) in [7, 11) is 0. The van der Waals surface area contributed by atoms with Gasteiger partial charge in [-0.3, -0.25) is 24.6 Å². The highest BCUT2D eigenvalue weighted by Gasteiger charge is 2.23. The van der Waals surface area contributed by atoms with Crippen LogP contribution in [0.5, 0.6) is 0 Å². The van der Waals surface area contributed by atoms with Gasteiger partial charge in [-0.1, -0.05) is 17.3 Å². The summed E-state index contributed by atoms with van der Waals surface area (Å²) in [6, 6.07) is 6.18. The van der Waals surface area contributed by atoms with E-state index in [0.717, 1.165) is 0 Å². The summed E-state index contributed by atoms with van der Waals surface area (Å²) in [5.41, 5.74) is 0.623. The number of carbonyl (C=O) groups is 2. The number of nitro benzene ring substituents is 1. The Morgan fingerprint density at radius 1 is 1.18 bits per heavy atom. The molecule has 0 N–H and O–H groups in total. The molecule has 1 fully saturated rings. The zero-order chi connectivity index (χ0) is 23.8. The number of aryl methyl sites for hydroxylation is 1. The van der Waals surface area contributed by atoms with E-state index in [0.29, 0.717) is 75.9 Å². The Hall–Kier alpha value is -3.34. The maximum absolute atomic E-state index is 12.6. The van der Waals surface area contributed by atoms with Crippen LogP contribution in [-0.4, -0.2) is 80.8 Å². The average molecular weight is 459 g/mol. The third-order valence-corrected chi connectivity index (χ3v) is 5.75. The van der Waals surface area contributed by atoms with E-state index in [1.165, 1.54) is 12.1 Å². The molecule has 0 saturated carbocycles. The van der Waals surface area contributed by atoms with Crippen molar-refractivity contribution in [3.63, 3.8) is 0 Å². The first kappa shape index (κ1) is 24.3. The van der Waals surface area contributed by atoms with E-state index in [4.69, 9.17) is 4.52 Å². The zero-order valence-electron chi connectivity index (χ0n) is 19.1. The summed E-state index contributed by atoms with van der Waals surface area (Å²) >= 11 is 0. The summed E-state index contributed by atoms with van der Waals surface area (Å²) < 4.78 is 5.28. The highest BCUT2D eigenvalue weighted by molar-refractivity contribution is 5.79. The van der Waals surface area contributed by atoms with E-state index < -0.39 is 4.92 Å². The molecule has 1 aliphatic heterocycles. The van der Waals surface area contributed by atoms with Crippen LogP contribution in [0.1, 0.15) is 37.5 Å². The minimum absolute atomic E-state index is 0.0120. The molecule has 2 heterocycles. The molecule has 0 radical (unpaired) electrons. The molecule has 0 aliphatic carbocycles. The SMILES string of the molecule is CCN(CC)C(=O)CCc1nc(CN2CCN(C(=O)Cc3cccc([N+](=O)[O-])c3)CC2)no1. The van der Waals surface area contributed by atoms with Gasteiger partial charge in [0.05, 0.1) is 17.9 Å². The number of carbonyl (C=O) groups excluding carboxylic acids is 2. The summed E-state index contributed by atoms with van der Waals surface area (Å²) in [4.78, 5) is 45.3. The fraction of sp³-hybridized carbons (Fsp3) is 0.545. The Balaban J connectivity index is 1.43. The number of nitrogens with zero attached hydrogens (tertiary/aromatic N) is 6. The van der Waals surface area contributed by atoms with Crippen LogP contribution in [0.2, 0.25) is 0 Å². The Bertz CT molecular complexity index is 966. The van der Waals surface area contributed by atoms with Gasteiger partial charge in [-0.2, -0.15) is 4.98 Å². The van der Waals surface area contributed by atoms with Gasteiger partial charge in [0.2, 0.25) is 17.7 Å². The number of piperazine rings is 1. The predicted molar refractivity (Wildman–Crippen MR) is 119 cm³/mol. The Kier molecular flexibility index (Phi) is 8.47. The lowest BCUT2D eigenvalue weighted by atomic mass is 10.1. The van der Waals surface area contributed by atoms with E-state index in [1.807, 2.05) is 13.8 Å². The van der Waals surface area contributed by atoms with Crippen LogP contribution >= 0.6 is 0 Å². The molecule has 2 amide bonds. The second kappa shape index (κ2) is 11.5. The van der Waals surface area contributed by atoms with Gasteiger partial charge in [-0.15, -0.1) is 0 Å². The van der Waals surface area contributed by atoms with E-state index in [-0.39, 0.29) is 23.9 Å². The predicted octanol–water partition coefficient (Wildman–Crippen LogP) is 1.67. The molecule has 3 rings (SSSR count). The average Bonchev–Trinajstić information content (AvgIpc) is 3.26. The van der Waals surface area contributed by atoms with Crippen molar-refractivity contribution < 1.29 is 19.0 Å². The smallest absolute Gasteiger partial charge is 0.269 e. The monoisotopic (exact) mass is 458 g/mol. The van der Waals surface area contributed by atoms with Gasteiger partial charge in [0.1, 0.15) is 0 Å². The number of hydrogen-bond donors (Lipinski definition) is 0. The summed E-state index contributed by atoms with van der Waals surface area (Å²) in [6.07, 6.45) is 0.902. The topological polar surface area (TPSA) is 126 Å². The molecule has 11 heteroatoms. The van der Waals surface area contributed by atoms with Crippen LogP contribution < -0.4 is 0 Å². The number of aromatic nitrogens is 2. The van der Waals surface area contributed by atoms with Gasteiger partial charge < -0.3 is 14.3 Å². The van der Waals surface area contributed by atoms with Crippen molar-refractivity contribution in [1.29, 1.82) is 0 Å². The first-order chi connectivity index (χ1) is 15.9. The summed E-state index contributed by atoms with van der Waals surface area (Å²) in [5.74, 6) is 1.05. The highest BCUT2D eigenvalue weighted by Crippen LogP contribution is 2.15. The van der Waals surface area contributed by atoms with Crippen LogP contribution in [-0.2, 0) is 29.0 Å². The molecule has 0 spiro atoms. The van der Waals surface area contributed by atoms with Crippen LogP contribution in [0.4, 0.5) is 5.69 Å². The van der Waals surface area contributed by atoms with Crippen LogP contribution in [0.3, 0.4) is 0 Å². The molecule has 1 aromatic heterocycles. The number of amides is 2. The van der Waals surface area contributed by atoms with Crippen LogP contribution in [0, 0.1) is 10.1 Å². The first-order valence-electron chi connectivity index (χ1n) is 11.2. The van der Waals surface area contributed by atoms with Crippen molar-refractivity contribution in [1.82, 2.24) is 24.8 Å². The maximum Gasteiger partial charge on any atom is 0.269 e. The number of nitro groups is 1. The Labute approximate surface area is 192 Å². The number of rotatable bonds is 10. The van der Waals surface area contributed by atoms with Gasteiger partial charge in [0.25, 0.3) is 5.69 Å². The normalized spacial score (nSPS) is 14.3. The zero-order valence-corrected chi connectivity index (χ0v) is 19.1. The molecule has 0 unspecified atom stereocenters. The van der Waals surface area contributed by atoms with Crippen LogP contribution in [0.15, 0.2) is 28.8 Å². The third kappa shape index (κ3) is 6.82. The molecule has 0 bridgehead atoms. The van der Waals surface area contributed by atoms with E-state index in [1.54, 1.807) is 21.9 Å². The lowest BCUT2D eigenvalue weighted by Crippen LogP contribution is -2.48. The molecule has 1 saturated heterocycles.